The number of nitrogens with zero attached hydrogens (tertiary/aromatic N) is 2. The molecule has 0 aliphatic heterocycles. The number of aryl methyl sites for hydroxylation is 1. The fraction of sp³-hybridized carbons (Fsp3) is 0.429. The number of hydrogen-bond acceptors (Lipinski definition) is 3. The van der Waals surface area contributed by atoms with Gasteiger partial charge in [-0.15, -0.1) is 22.9 Å². The lowest BCUT2D eigenvalue weighted by molar-refractivity contribution is -0.141. The molecule has 1 heterocycles. The van der Waals surface area contributed by atoms with E-state index in [0.717, 1.165) is 22.4 Å². The highest BCUT2D eigenvalue weighted by Crippen LogP contribution is 2.20. The molecule has 2 amide bonds. The van der Waals surface area contributed by atoms with E-state index in [0.29, 0.717) is 19.6 Å². The minimum atomic E-state index is -0.676. The molecule has 1 aromatic carbocycles. The lowest BCUT2D eigenvalue weighted by atomic mass is 10.2. The van der Waals surface area contributed by atoms with Crippen LogP contribution in [0.2, 0.25) is 0 Å². The van der Waals surface area contributed by atoms with Crippen LogP contribution < -0.4 is 0 Å². The molecule has 2 aromatic rings. The van der Waals surface area contributed by atoms with Gasteiger partial charge in [-0.3, -0.25) is 9.59 Å². The monoisotopic (exact) mass is 424 g/mol. The number of amides is 2. The summed E-state index contributed by atoms with van der Waals surface area (Å²) in [6.45, 7) is 6.83. The Labute approximate surface area is 174 Å². The van der Waals surface area contributed by atoms with E-state index < -0.39 is 5.38 Å². The number of halogens is 2. The first-order valence-electron chi connectivity index (χ1n) is 9.29. The lowest BCUT2D eigenvalue weighted by Gasteiger charge is -2.28. The first-order chi connectivity index (χ1) is 13.3. The van der Waals surface area contributed by atoms with Gasteiger partial charge in [0, 0.05) is 18.0 Å². The zero-order valence-corrected chi connectivity index (χ0v) is 18.0. The summed E-state index contributed by atoms with van der Waals surface area (Å²) in [6, 6.07) is 8.13. The zero-order chi connectivity index (χ0) is 20.7. The van der Waals surface area contributed by atoms with E-state index in [1.54, 1.807) is 35.3 Å². The Kier molecular flexibility index (Phi) is 8.45. The minimum Gasteiger partial charge on any atom is -0.332 e. The Bertz CT molecular complexity index is 792. The molecule has 0 aliphatic rings. The van der Waals surface area contributed by atoms with E-state index in [9.17, 15) is 14.0 Å². The van der Waals surface area contributed by atoms with Gasteiger partial charge in [0.25, 0.3) is 0 Å². The Balaban J connectivity index is 2.20. The maximum absolute atomic E-state index is 13.2. The molecular formula is C21H26ClFN2O2S. The summed E-state index contributed by atoms with van der Waals surface area (Å²) in [5, 5.41) is 1.32. The molecule has 7 heteroatoms. The Morgan fingerprint density at radius 1 is 1.14 bits per heavy atom. The van der Waals surface area contributed by atoms with Crippen molar-refractivity contribution in [3.63, 3.8) is 0 Å². The largest absolute Gasteiger partial charge is 0.332 e. The van der Waals surface area contributed by atoms with Gasteiger partial charge < -0.3 is 9.80 Å². The molecule has 2 rings (SSSR count). The fourth-order valence-electron chi connectivity index (χ4n) is 2.83. The van der Waals surface area contributed by atoms with Gasteiger partial charge in [-0.2, -0.15) is 0 Å². The molecule has 0 bridgehead atoms. The van der Waals surface area contributed by atoms with E-state index >= 15 is 0 Å². The summed E-state index contributed by atoms with van der Waals surface area (Å²) in [5.41, 5.74) is 1.96. The lowest BCUT2D eigenvalue weighted by Crippen LogP contribution is -2.44. The quantitative estimate of drug-likeness (QED) is 0.552. The predicted octanol–water partition coefficient (Wildman–Crippen LogP) is 4.59. The third kappa shape index (κ3) is 6.31. The number of benzene rings is 1. The number of alkyl halides is 1. The van der Waals surface area contributed by atoms with Crippen LogP contribution in [-0.2, 0) is 22.7 Å². The molecule has 1 atom stereocenters. The highest BCUT2D eigenvalue weighted by molar-refractivity contribution is 7.10. The Hall–Kier alpha value is -1.92. The smallest absolute Gasteiger partial charge is 0.242 e. The molecule has 0 unspecified atom stereocenters. The molecule has 0 saturated heterocycles. The second-order valence-corrected chi connectivity index (χ2v) is 8.43. The van der Waals surface area contributed by atoms with Crippen molar-refractivity contribution < 1.29 is 14.0 Å². The standard InChI is InChI=1S/C21H26ClFN2O2S/c1-4-10-24(21(27)16(3)22)14-20(26)25(13-19-15(2)9-11-28-19)12-17-5-7-18(23)8-6-17/h5-9,11,16H,4,10,12-14H2,1-3H3/t16-/m0/s1. The topological polar surface area (TPSA) is 40.6 Å². The molecule has 0 aliphatic carbocycles. The Morgan fingerprint density at radius 3 is 2.36 bits per heavy atom. The predicted molar refractivity (Wildman–Crippen MR) is 112 cm³/mol. The van der Waals surface area contributed by atoms with Crippen LogP contribution in [0.1, 0.15) is 36.3 Å². The third-order valence-corrected chi connectivity index (χ3v) is 5.61. The minimum absolute atomic E-state index is 0.0185. The van der Waals surface area contributed by atoms with Crippen molar-refractivity contribution in [2.24, 2.45) is 0 Å². The van der Waals surface area contributed by atoms with Gasteiger partial charge in [-0.1, -0.05) is 19.1 Å². The van der Waals surface area contributed by atoms with Crippen molar-refractivity contribution in [2.45, 2.75) is 45.7 Å². The van der Waals surface area contributed by atoms with E-state index in [1.807, 2.05) is 25.3 Å². The molecule has 28 heavy (non-hydrogen) atoms. The molecule has 4 nitrogen and oxygen atoms in total. The van der Waals surface area contributed by atoms with Crippen molar-refractivity contribution >= 4 is 34.8 Å². The Morgan fingerprint density at radius 2 is 1.82 bits per heavy atom. The summed E-state index contributed by atoms with van der Waals surface area (Å²) in [4.78, 5) is 29.7. The van der Waals surface area contributed by atoms with Crippen molar-refractivity contribution in [3.05, 3.63) is 57.5 Å². The molecule has 1 aromatic heterocycles. The van der Waals surface area contributed by atoms with Crippen molar-refractivity contribution in [1.82, 2.24) is 9.80 Å². The first-order valence-corrected chi connectivity index (χ1v) is 10.6. The first kappa shape index (κ1) is 22.4. The van der Waals surface area contributed by atoms with Gasteiger partial charge in [-0.25, -0.2) is 4.39 Å². The highest BCUT2D eigenvalue weighted by Gasteiger charge is 2.24. The zero-order valence-electron chi connectivity index (χ0n) is 16.5. The highest BCUT2D eigenvalue weighted by atomic mass is 35.5. The molecule has 0 fully saturated rings. The fourth-order valence-corrected chi connectivity index (χ4v) is 3.89. The third-order valence-electron chi connectivity index (χ3n) is 4.41. The van der Waals surface area contributed by atoms with Crippen LogP contribution >= 0.6 is 22.9 Å². The summed E-state index contributed by atoms with van der Waals surface area (Å²) >= 11 is 7.55. The van der Waals surface area contributed by atoms with Gasteiger partial charge in [0.05, 0.1) is 13.1 Å². The number of carbonyl (C=O) groups excluding carboxylic acids is 2. The van der Waals surface area contributed by atoms with Crippen LogP contribution in [0.25, 0.3) is 0 Å². The van der Waals surface area contributed by atoms with Crippen molar-refractivity contribution in [2.75, 3.05) is 13.1 Å². The summed E-state index contributed by atoms with van der Waals surface area (Å²) in [5.74, 6) is -0.714. The van der Waals surface area contributed by atoms with E-state index in [-0.39, 0.29) is 24.2 Å². The van der Waals surface area contributed by atoms with Crippen LogP contribution in [0, 0.1) is 12.7 Å². The average Bonchev–Trinajstić information content (AvgIpc) is 3.06. The summed E-state index contributed by atoms with van der Waals surface area (Å²) < 4.78 is 13.2. The van der Waals surface area contributed by atoms with Crippen LogP contribution in [0.3, 0.4) is 0 Å². The second kappa shape index (κ2) is 10.6. The average molecular weight is 425 g/mol. The molecule has 0 radical (unpaired) electrons. The molecule has 0 N–H and O–H groups in total. The van der Waals surface area contributed by atoms with Gasteiger partial charge in [-0.05, 0) is 55.0 Å². The molecular weight excluding hydrogens is 399 g/mol. The van der Waals surface area contributed by atoms with Crippen molar-refractivity contribution in [1.29, 1.82) is 0 Å². The van der Waals surface area contributed by atoms with E-state index in [1.165, 1.54) is 17.0 Å². The van der Waals surface area contributed by atoms with Gasteiger partial charge in [0.1, 0.15) is 11.2 Å². The number of rotatable bonds is 9. The second-order valence-electron chi connectivity index (χ2n) is 6.78. The van der Waals surface area contributed by atoms with Gasteiger partial charge >= 0.3 is 0 Å². The number of thiophene rings is 1. The summed E-state index contributed by atoms with van der Waals surface area (Å²) in [7, 11) is 0. The van der Waals surface area contributed by atoms with Gasteiger partial charge in [0.15, 0.2) is 0 Å². The van der Waals surface area contributed by atoms with Crippen LogP contribution in [0.5, 0.6) is 0 Å². The van der Waals surface area contributed by atoms with Gasteiger partial charge in [0.2, 0.25) is 11.8 Å². The molecule has 0 saturated carbocycles. The molecule has 152 valence electrons. The maximum atomic E-state index is 13.2. The number of hydrogen-bond donors (Lipinski definition) is 0. The van der Waals surface area contributed by atoms with Crippen LogP contribution in [-0.4, -0.2) is 40.1 Å². The maximum Gasteiger partial charge on any atom is 0.242 e. The van der Waals surface area contributed by atoms with Crippen molar-refractivity contribution in [3.8, 4) is 0 Å². The molecule has 0 spiro atoms. The van der Waals surface area contributed by atoms with E-state index in [2.05, 4.69) is 0 Å². The van der Waals surface area contributed by atoms with Crippen LogP contribution in [0.15, 0.2) is 35.7 Å². The normalized spacial score (nSPS) is 11.9. The number of carbonyl (C=O) groups is 2. The van der Waals surface area contributed by atoms with Crippen LogP contribution in [0.4, 0.5) is 4.39 Å². The SMILES string of the molecule is CCCN(CC(=O)N(Cc1ccc(F)cc1)Cc1sccc1C)C(=O)[C@H](C)Cl. The summed E-state index contributed by atoms with van der Waals surface area (Å²) in [6.07, 6.45) is 0.741. The van der Waals surface area contributed by atoms with E-state index in [4.69, 9.17) is 11.6 Å².